The summed E-state index contributed by atoms with van der Waals surface area (Å²) < 4.78 is 48.7. The van der Waals surface area contributed by atoms with Crippen LogP contribution < -0.4 is 15.4 Å². The first-order chi connectivity index (χ1) is 13.0. The molecule has 0 heterocycles. The highest BCUT2D eigenvalue weighted by atomic mass is 19.3. The van der Waals surface area contributed by atoms with Gasteiger partial charge in [0.1, 0.15) is 11.6 Å². The van der Waals surface area contributed by atoms with Crippen LogP contribution in [0.2, 0.25) is 0 Å². The fourth-order valence-corrected chi connectivity index (χ4v) is 3.54. The molecule has 1 fully saturated rings. The van der Waals surface area contributed by atoms with Crippen molar-refractivity contribution >= 4 is 5.96 Å². The smallest absolute Gasteiger partial charge is 0.387 e. The summed E-state index contributed by atoms with van der Waals surface area (Å²) in [5.41, 5.74) is 0.200. The van der Waals surface area contributed by atoms with E-state index in [1.54, 1.807) is 14.2 Å². The predicted molar refractivity (Wildman–Crippen MR) is 98.6 cm³/mol. The zero-order chi connectivity index (χ0) is 19.7. The molecule has 1 aromatic carbocycles. The molecule has 27 heavy (non-hydrogen) atoms. The Kier molecular flexibility index (Phi) is 8.22. The molecule has 1 aliphatic rings. The molecule has 0 spiro atoms. The summed E-state index contributed by atoms with van der Waals surface area (Å²) in [5.74, 6) is -0.297. The number of hydrogen-bond acceptors (Lipinski definition) is 3. The molecule has 2 rings (SSSR count). The molecule has 1 aliphatic carbocycles. The number of ether oxygens (including phenoxy) is 2. The predicted octanol–water partition coefficient (Wildman–Crippen LogP) is 3.69. The standard InChI is InChI=1S/C19H28F3N3O2/c1-23-18(25-13-19(10-11-26-2)8-3-4-9-19)24-12-14-15(20)6-5-7-16(14)27-17(21)22/h5-7,17H,3-4,8-13H2,1-2H3,(H2,23,24,25). The highest BCUT2D eigenvalue weighted by Gasteiger charge is 2.33. The van der Waals surface area contributed by atoms with Crippen molar-refractivity contribution in [1.29, 1.82) is 0 Å². The van der Waals surface area contributed by atoms with Gasteiger partial charge in [-0.3, -0.25) is 4.99 Å². The average Bonchev–Trinajstić information content (AvgIpc) is 3.10. The third-order valence-electron chi connectivity index (χ3n) is 5.08. The summed E-state index contributed by atoms with van der Waals surface area (Å²) in [6.07, 6.45) is 5.61. The average molecular weight is 387 g/mol. The molecule has 0 unspecified atom stereocenters. The first-order valence-electron chi connectivity index (χ1n) is 9.15. The Hall–Kier alpha value is -1.96. The van der Waals surface area contributed by atoms with Crippen LogP contribution in [-0.2, 0) is 11.3 Å². The van der Waals surface area contributed by atoms with Gasteiger partial charge in [-0.15, -0.1) is 0 Å². The minimum absolute atomic E-state index is 0.0144. The molecule has 0 atom stereocenters. The van der Waals surface area contributed by atoms with Gasteiger partial charge in [0.05, 0.1) is 0 Å². The topological polar surface area (TPSA) is 54.9 Å². The van der Waals surface area contributed by atoms with Crippen molar-refractivity contribution in [1.82, 2.24) is 10.6 Å². The molecule has 0 amide bonds. The number of alkyl halides is 2. The lowest BCUT2D eigenvalue weighted by atomic mass is 9.83. The molecule has 0 bridgehead atoms. The molecule has 1 saturated carbocycles. The molecule has 152 valence electrons. The normalized spacial score (nSPS) is 16.6. The van der Waals surface area contributed by atoms with Crippen molar-refractivity contribution < 1.29 is 22.6 Å². The summed E-state index contributed by atoms with van der Waals surface area (Å²) in [7, 11) is 3.31. The maximum absolute atomic E-state index is 14.0. The van der Waals surface area contributed by atoms with Gasteiger partial charge in [-0.2, -0.15) is 8.78 Å². The second kappa shape index (κ2) is 10.4. The summed E-state index contributed by atoms with van der Waals surface area (Å²) >= 11 is 0. The first-order valence-corrected chi connectivity index (χ1v) is 9.15. The van der Waals surface area contributed by atoms with Crippen LogP contribution >= 0.6 is 0 Å². The summed E-state index contributed by atoms with van der Waals surface area (Å²) in [6, 6.07) is 3.87. The van der Waals surface area contributed by atoms with E-state index in [0.717, 1.165) is 25.8 Å². The Morgan fingerprint density at radius 1 is 1.26 bits per heavy atom. The van der Waals surface area contributed by atoms with Gasteiger partial charge in [0.2, 0.25) is 0 Å². The molecule has 8 heteroatoms. The monoisotopic (exact) mass is 387 g/mol. The second-order valence-electron chi connectivity index (χ2n) is 6.82. The largest absolute Gasteiger partial charge is 0.434 e. The highest BCUT2D eigenvalue weighted by molar-refractivity contribution is 5.79. The van der Waals surface area contributed by atoms with Gasteiger partial charge in [0.15, 0.2) is 5.96 Å². The molecule has 2 N–H and O–H groups in total. The molecule has 0 radical (unpaired) electrons. The molecule has 0 aliphatic heterocycles. The Morgan fingerprint density at radius 3 is 2.63 bits per heavy atom. The number of methoxy groups -OCH3 is 1. The summed E-state index contributed by atoms with van der Waals surface area (Å²) in [6.45, 7) is -1.59. The first kappa shape index (κ1) is 21.3. The van der Waals surface area contributed by atoms with Gasteiger partial charge >= 0.3 is 6.61 Å². The van der Waals surface area contributed by atoms with Crippen molar-refractivity contribution in [3.05, 3.63) is 29.6 Å². The van der Waals surface area contributed by atoms with E-state index >= 15 is 0 Å². The lowest BCUT2D eigenvalue weighted by molar-refractivity contribution is -0.0506. The van der Waals surface area contributed by atoms with Crippen LogP contribution in [0.15, 0.2) is 23.2 Å². The van der Waals surface area contributed by atoms with Gasteiger partial charge in [-0.05, 0) is 36.8 Å². The summed E-state index contributed by atoms with van der Waals surface area (Å²) in [5, 5.41) is 6.26. The number of hydrogen-bond donors (Lipinski definition) is 2. The number of guanidine groups is 1. The maximum Gasteiger partial charge on any atom is 0.387 e. The molecule has 1 aromatic rings. The van der Waals surface area contributed by atoms with Crippen LogP contribution in [0, 0.1) is 11.2 Å². The fourth-order valence-electron chi connectivity index (χ4n) is 3.54. The van der Waals surface area contributed by atoms with E-state index in [-0.39, 0.29) is 23.3 Å². The van der Waals surface area contributed by atoms with Crippen LogP contribution in [-0.4, -0.2) is 39.9 Å². The number of benzene rings is 1. The van der Waals surface area contributed by atoms with Crippen LogP contribution in [0.25, 0.3) is 0 Å². The zero-order valence-corrected chi connectivity index (χ0v) is 15.9. The van der Waals surface area contributed by atoms with Crippen LogP contribution in [0.1, 0.15) is 37.7 Å². The maximum atomic E-state index is 14.0. The van der Waals surface area contributed by atoms with Crippen molar-refractivity contribution in [2.24, 2.45) is 10.4 Å². The SMILES string of the molecule is CN=C(NCc1c(F)cccc1OC(F)F)NCC1(CCOC)CCCC1. The van der Waals surface area contributed by atoms with Gasteiger partial charge in [0.25, 0.3) is 0 Å². The lowest BCUT2D eigenvalue weighted by Gasteiger charge is -2.30. The number of nitrogens with one attached hydrogen (secondary N) is 2. The molecular weight excluding hydrogens is 359 g/mol. The van der Waals surface area contributed by atoms with Crippen LogP contribution in [0.3, 0.4) is 0 Å². The zero-order valence-electron chi connectivity index (χ0n) is 15.9. The van der Waals surface area contributed by atoms with Gasteiger partial charge in [-0.1, -0.05) is 18.9 Å². The van der Waals surface area contributed by atoms with E-state index in [9.17, 15) is 13.2 Å². The number of nitrogens with zero attached hydrogens (tertiary/aromatic N) is 1. The molecule has 0 aromatic heterocycles. The minimum atomic E-state index is -3.01. The second-order valence-corrected chi connectivity index (χ2v) is 6.82. The van der Waals surface area contributed by atoms with Crippen LogP contribution in [0.5, 0.6) is 5.75 Å². The Labute approximate surface area is 158 Å². The highest BCUT2D eigenvalue weighted by Crippen LogP contribution is 2.40. The van der Waals surface area contributed by atoms with Gasteiger partial charge in [0, 0.05) is 39.4 Å². The van der Waals surface area contributed by atoms with E-state index in [2.05, 4.69) is 20.4 Å². The molecule has 5 nitrogen and oxygen atoms in total. The van der Waals surface area contributed by atoms with Crippen molar-refractivity contribution in [2.45, 2.75) is 45.3 Å². The number of aliphatic imine (C=N–C) groups is 1. The van der Waals surface area contributed by atoms with Crippen molar-refractivity contribution in [2.75, 3.05) is 27.3 Å². The quantitative estimate of drug-likeness (QED) is 0.501. The third kappa shape index (κ3) is 6.30. The Balaban J connectivity index is 1.96. The van der Waals surface area contributed by atoms with Crippen molar-refractivity contribution in [3.8, 4) is 5.75 Å². The number of halogens is 3. The van der Waals surface area contributed by atoms with E-state index < -0.39 is 12.4 Å². The van der Waals surface area contributed by atoms with E-state index in [0.29, 0.717) is 12.6 Å². The minimum Gasteiger partial charge on any atom is -0.434 e. The third-order valence-corrected chi connectivity index (χ3v) is 5.08. The van der Waals surface area contributed by atoms with E-state index in [1.165, 1.54) is 31.0 Å². The van der Waals surface area contributed by atoms with Gasteiger partial charge in [-0.25, -0.2) is 4.39 Å². The fraction of sp³-hybridized carbons (Fsp3) is 0.632. The summed E-state index contributed by atoms with van der Waals surface area (Å²) in [4.78, 5) is 4.15. The lowest BCUT2D eigenvalue weighted by Crippen LogP contribution is -2.43. The molecular formula is C19H28F3N3O2. The number of rotatable bonds is 9. The Bertz CT molecular complexity index is 620. The van der Waals surface area contributed by atoms with Gasteiger partial charge < -0.3 is 20.1 Å². The van der Waals surface area contributed by atoms with E-state index in [1.807, 2.05) is 0 Å². The van der Waals surface area contributed by atoms with Crippen molar-refractivity contribution in [3.63, 3.8) is 0 Å². The van der Waals surface area contributed by atoms with E-state index in [4.69, 9.17) is 4.74 Å². The molecule has 0 saturated heterocycles. The Morgan fingerprint density at radius 2 is 2.00 bits per heavy atom. The van der Waals surface area contributed by atoms with Crippen LogP contribution in [0.4, 0.5) is 13.2 Å².